The second-order valence-electron chi connectivity index (χ2n) is 5.66. The van der Waals surface area contributed by atoms with Crippen LogP contribution in [0.25, 0.3) is 0 Å². The Kier molecular flexibility index (Phi) is 4.44. The monoisotopic (exact) mass is 345 g/mol. The lowest BCUT2D eigenvalue weighted by atomic mass is 10.0. The SMILES string of the molecule is O=C1c2ccccc2C(=O)N1CC=C(Cc1ccccc1)C(F)(F)F. The lowest BCUT2D eigenvalue weighted by Crippen LogP contribution is -2.30. The van der Waals surface area contributed by atoms with Gasteiger partial charge in [-0.15, -0.1) is 0 Å². The number of nitrogens with zero attached hydrogens (tertiary/aromatic N) is 1. The minimum Gasteiger partial charge on any atom is -0.270 e. The Bertz CT molecular complexity index is 806. The molecule has 0 atom stereocenters. The van der Waals surface area contributed by atoms with Crippen molar-refractivity contribution in [2.45, 2.75) is 12.6 Å². The van der Waals surface area contributed by atoms with Gasteiger partial charge in [-0.25, -0.2) is 0 Å². The first-order valence-electron chi connectivity index (χ1n) is 7.63. The van der Waals surface area contributed by atoms with Crippen molar-refractivity contribution in [2.75, 3.05) is 6.54 Å². The molecular formula is C19H14F3NO2. The highest BCUT2D eigenvalue weighted by Crippen LogP contribution is 2.29. The van der Waals surface area contributed by atoms with Gasteiger partial charge in [-0.05, 0) is 17.7 Å². The summed E-state index contributed by atoms with van der Waals surface area (Å²) in [6.45, 7) is -0.409. The molecule has 1 aliphatic heterocycles. The molecule has 2 aromatic carbocycles. The third-order valence-electron chi connectivity index (χ3n) is 4.00. The van der Waals surface area contributed by atoms with E-state index in [9.17, 15) is 22.8 Å². The van der Waals surface area contributed by atoms with Crippen molar-refractivity contribution in [2.24, 2.45) is 0 Å². The first kappa shape index (κ1) is 17.0. The zero-order valence-electron chi connectivity index (χ0n) is 13.1. The first-order valence-corrected chi connectivity index (χ1v) is 7.63. The fourth-order valence-electron chi connectivity index (χ4n) is 2.71. The van der Waals surface area contributed by atoms with E-state index in [-0.39, 0.29) is 17.5 Å². The highest BCUT2D eigenvalue weighted by atomic mass is 19.4. The first-order chi connectivity index (χ1) is 11.9. The number of carbonyl (C=O) groups is 2. The van der Waals surface area contributed by atoms with Gasteiger partial charge in [0.1, 0.15) is 0 Å². The Morgan fingerprint density at radius 3 is 1.92 bits per heavy atom. The van der Waals surface area contributed by atoms with Crippen LogP contribution in [0.5, 0.6) is 0 Å². The van der Waals surface area contributed by atoms with Crippen LogP contribution in [0.3, 0.4) is 0 Å². The van der Waals surface area contributed by atoms with E-state index in [2.05, 4.69) is 0 Å². The molecule has 2 aromatic rings. The van der Waals surface area contributed by atoms with Crippen LogP contribution in [0.2, 0.25) is 0 Å². The number of hydrogen-bond donors (Lipinski definition) is 0. The standard InChI is InChI=1S/C19H14F3NO2/c20-19(21,22)14(12-13-6-2-1-3-7-13)10-11-23-17(24)15-8-4-5-9-16(15)18(23)25/h1-10H,11-12H2. The van der Waals surface area contributed by atoms with Gasteiger partial charge in [-0.2, -0.15) is 13.2 Å². The maximum atomic E-state index is 13.3. The summed E-state index contributed by atoms with van der Waals surface area (Å²) >= 11 is 0. The number of amides is 2. The molecule has 0 fully saturated rings. The molecule has 0 saturated heterocycles. The summed E-state index contributed by atoms with van der Waals surface area (Å²) in [6, 6.07) is 14.4. The van der Waals surface area contributed by atoms with Crippen LogP contribution in [-0.2, 0) is 6.42 Å². The number of hydrogen-bond acceptors (Lipinski definition) is 2. The zero-order valence-corrected chi connectivity index (χ0v) is 13.1. The minimum absolute atomic E-state index is 0.220. The van der Waals surface area contributed by atoms with Crippen LogP contribution in [0.15, 0.2) is 66.2 Å². The normalized spacial score (nSPS) is 14.8. The predicted octanol–water partition coefficient (Wildman–Crippen LogP) is 4.01. The van der Waals surface area contributed by atoms with Crippen molar-refractivity contribution in [3.63, 3.8) is 0 Å². The molecule has 0 bridgehead atoms. The van der Waals surface area contributed by atoms with Gasteiger partial charge in [0.2, 0.25) is 0 Å². The molecule has 6 heteroatoms. The molecule has 0 radical (unpaired) electrons. The minimum atomic E-state index is -4.53. The van der Waals surface area contributed by atoms with Crippen molar-refractivity contribution in [3.8, 4) is 0 Å². The van der Waals surface area contributed by atoms with E-state index in [0.29, 0.717) is 5.56 Å². The Hall–Kier alpha value is -2.89. The van der Waals surface area contributed by atoms with Crippen LogP contribution < -0.4 is 0 Å². The van der Waals surface area contributed by atoms with E-state index in [0.717, 1.165) is 11.0 Å². The smallest absolute Gasteiger partial charge is 0.270 e. The summed E-state index contributed by atoms with van der Waals surface area (Å²) in [4.78, 5) is 25.3. The van der Waals surface area contributed by atoms with Gasteiger partial charge in [-0.3, -0.25) is 14.5 Å². The van der Waals surface area contributed by atoms with Gasteiger partial charge >= 0.3 is 6.18 Å². The molecule has 0 spiro atoms. The van der Waals surface area contributed by atoms with Crippen molar-refractivity contribution < 1.29 is 22.8 Å². The number of rotatable bonds is 4. The molecule has 1 heterocycles. The molecule has 3 rings (SSSR count). The number of fused-ring (bicyclic) bond motifs is 1. The largest absolute Gasteiger partial charge is 0.412 e. The van der Waals surface area contributed by atoms with Crippen molar-refractivity contribution in [3.05, 3.63) is 82.9 Å². The summed E-state index contributed by atoms with van der Waals surface area (Å²) in [7, 11) is 0. The van der Waals surface area contributed by atoms with Gasteiger partial charge in [-0.1, -0.05) is 48.5 Å². The zero-order chi connectivity index (χ0) is 18.0. The number of carbonyl (C=O) groups excluding carboxylic acids is 2. The Morgan fingerprint density at radius 1 is 0.880 bits per heavy atom. The van der Waals surface area contributed by atoms with E-state index in [1.165, 1.54) is 12.1 Å². The van der Waals surface area contributed by atoms with Gasteiger partial charge < -0.3 is 0 Å². The van der Waals surface area contributed by atoms with Gasteiger partial charge in [0, 0.05) is 18.5 Å². The Morgan fingerprint density at radius 2 is 1.40 bits per heavy atom. The lowest BCUT2D eigenvalue weighted by molar-refractivity contribution is -0.0935. The summed E-state index contributed by atoms with van der Waals surface area (Å²) in [5.41, 5.74) is 0.165. The van der Waals surface area contributed by atoms with Crippen LogP contribution in [0.4, 0.5) is 13.2 Å². The average Bonchev–Trinajstić information content (AvgIpc) is 2.83. The van der Waals surface area contributed by atoms with Gasteiger partial charge in [0.25, 0.3) is 11.8 Å². The average molecular weight is 345 g/mol. The number of halogens is 3. The van der Waals surface area contributed by atoms with Crippen molar-refractivity contribution in [1.82, 2.24) is 4.90 Å². The maximum Gasteiger partial charge on any atom is 0.412 e. The highest BCUT2D eigenvalue weighted by molar-refractivity contribution is 6.21. The van der Waals surface area contributed by atoms with E-state index in [1.54, 1.807) is 42.5 Å². The summed E-state index contributed by atoms with van der Waals surface area (Å²) in [5.74, 6) is -1.14. The second-order valence-corrected chi connectivity index (χ2v) is 5.66. The van der Waals surface area contributed by atoms with E-state index in [4.69, 9.17) is 0 Å². The van der Waals surface area contributed by atoms with Gasteiger partial charge in [0.15, 0.2) is 0 Å². The fourth-order valence-corrected chi connectivity index (χ4v) is 2.71. The number of allylic oxidation sites excluding steroid dienone is 1. The topological polar surface area (TPSA) is 37.4 Å². The molecule has 0 aliphatic carbocycles. The van der Waals surface area contributed by atoms with Crippen LogP contribution in [0, 0.1) is 0 Å². The molecule has 3 nitrogen and oxygen atoms in total. The Labute approximate surface area is 142 Å². The number of alkyl halides is 3. The third kappa shape index (κ3) is 3.47. The molecule has 128 valence electrons. The van der Waals surface area contributed by atoms with E-state index >= 15 is 0 Å². The van der Waals surface area contributed by atoms with Crippen molar-refractivity contribution in [1.29, 1.82) is 0 Å². The maximum absolute atomic E-state index is 13.3. The second kappa shape index (κ2) is 6.55. The van der Waals surface area contributed by atoms with E-state index < -0.39 is 30.1 Å². The molecule has 25 heavy (non-hydrogen) atoms. The molecule has 0 unspecified atom stereocenters. The number of benzene rings is 2. The van der Waals surface area contributed by atoms with Crippen LogP contribution in [-0.4, -0.2) is 29.4 Å². The summed E-state index contributed by atoms with van der Waals surface area (Å²) < 4.78 is 39.8. The quantitative estimate of drug-likeness (QED) is 0.620. The van der Waals surface area contributed by atoms with Gasteiger partial charge in [0.05, 0.1) is 11.1 Å². The van der Waals surface area contributed by atoms with E-state index in [1.807, 2.05) is 0 Å². The molecule has 0 saturated carbocycles. The molecule has 0 N–H and O–H groups in total. The fraction of sp³-hybridized carbons (Fsp3) is 0.158. The highest BCUT2D eigenvalue weighted by Gasteiger charge is 2.37. The summed E-state index contributed by atoms with van der Waals surface area (Å²) in [5, 5.41) is 0. The molecular weight excluding hydrogens is 331 g/mol. The molecule has 1 aliphatic rings. The summed E-state index contributed by atoms with van der Waals surface area (Å²) in [6.07, 6.45) is -3.93. The predicted molar refractivity (Wildman–Crippen MR) is 86.1 cm³/mol. The number of imide groups is 1. The van der Waals surface area contributed by atoms with Crippen LogP contribution >= 0.6 is 0 Å². The van der Waals surface area contributed by atoms with Crippen LogP contribution in [0.1, 0.15) is 26.3 Å². The van der Waals surface area contributed by atoms with Crippen molar-refractivity contribution >= 4 is 11.8 Å². The molecule has 0 aromatic heterocycles. The Balaban J connectivity index is 1.83. The lowest BCUT2D eigenvalue weighted by Gasteiger charge is -2.15. The molecule has 2 amide bonds. The third-order valence-corrected chi connectivity index (χ3v) is 4.00.